The molecule has 0 fully saturated rings. The fraction of sp³-hybridized carbons (Fsp3) is 0.364. The monoisotopic (exact) mass is 209 g/mol. The zero-order valence-corrected chi connectivity index (χ0v) is 9.57. The average molecular weight is 209 g/mol. The number of carbonyl (C=O) groups excluding carboxylic acids is 1. The van der Waals surface area contributed by atoms with Crippen molar-refractivity contribution in [1.82, 2.24) is 0 Å². The Morgan fingerprint density at radius 1 is 1.50 bits per heavy atom. The summed E-state index contributed by atoms with van der Waals surface area (Å²) in [6.07, 6.45) is 2.06. The summed E-state index contributed by atoms with van der Waals surface area (Å²) in [6.45, 7) is 3.59. The van der Waals surface area contributed by atoms with Crippen molar-refractivity contribution in [3.05, 3.63) is 29.3 Å². The van der Waals surface area contributed by atoms with Gasteiger partial charge in [0.25, 0.3) is 0 Å². The quantitative estimate of drug-likeness (QED) is 0.829. The van der Waals surface area contributed by atoms with Crippen molar-refractivity contribution in [2.75, 3.05) is 11.6 Å². The van der Waals surface area contributed by atoms with Crippen LogP contribution in [-0.4, -0.2) is 12.2 Å². The van der Waals surface area contributed by atoms with Gasteiger partial charge in [0.2, 0.25) is 5.91 Å². The van der Waals surface area contributed by atoms with Gasteiger partial charge in [-0.3, -0.25) is 4.79 Å². The third kappa shape index (κ3) is 3.07. The molecule has 1 amide bonds. The van der Waals surface area contributed by atoms with E-state index in [1.54, 1.807) is 11.8 Å². The van der Waals surface area contributed by atoms with E-state index in [9.17, 15) is 4.79 Å². The van der Waals surface area contributed by atoms with Crippen LogP contribution in [-0.2, 0) is 10.5 Å². The van der Waals surface area contributed by atoms with Crippen molar-refractivity contribution in [1.29, 1.82) is 0 Å². The Kier molecular flexibility index (Phi) is 4.01. The van der Waals surface area contributed by atoms with Crippen LogP contribution in [0.5, 0.6) is 0 Å². The molecule has 0 aliphatic heterocycles. The smallest absolute Gasteiger partial charge is 0.221 e. The summed E-state index contributed by atoms with van der Waals surface area (Å²) in [7, 11) is 0. The van der Waals surface area contributed by atoms with Crippen molar-refractivity contribution in [2.24, 2.45) is 0 Å². The van der Waals surface area contributed by atoms with Crippen LogP contribution in [0, 0.1) is 6.92 Å². The van der Waals surface area contributed by atoms with Crippen LogP contribution in [0.15, 0.2) is 18.2 Å². The maximum Gasteiger partial charge on any atom is 0.221 e. The van der Waals surface area contributed by atoms with Crippen molar-refractivity contribution in [2.45, 2.75) is 19.6 Å². The molecule has 0 atom stereocenters. The molecular weight excluding hydrogens is 194 g/mol. The van der Waals surface area contributed by atoms with Crippen LogP contribution in [0.4, 0.5) is 5.69 Å². The molecule has 0 aromatic heterocycles. The van der Waals surface area contributed by atoms with Gasteiger partial charge in [-0.2, -0.15) is 11.8 Å². The lowest BCUT2D eigenvalue weighted by Gasteiger charge is -2.09. The Morgan fingerprint density at radius 2 is 2.21 bits per heavy atom. The lowest BCUT2D eigenvalue weighted by atomic mass is 10.1. The van der Waals surface area contributed by atoms with Crippen LogP contribution < -0.4 is 5.32 Å². The topological polar surface area (TPSA) is 29.1 Å². The molecule has 1 aromatic rings. The van der Waals surface area contributed by atoms with E-state index in [4.69, 9.17) is 0 Å². The van der Waals surface area contributed by atoms with Gasteiger partial charge in [-0.05, 0) is 24.8 Å². The predicted molar refractivity (Wildman–Crippen MR) is 62.7 cm³/mol. The number of aryl methyl sites for hydroxylation is 1. The molecular formula is C11H15NOS. The molecule has 1 N–H and O–H groups in total. The molecule has 14 heavy (non-hydrogen) atoms. The van der Waals surface area contributed by atoms with Crippen molar-refractivity contribution in [3.8, 4) is 0 Å². The van der Waals surface area contributed by atoms with Gasteiger partial charge in [0.1, 0.15) is 0 Å². The number of hydrogen-bond donors (Lipinski definition) is 1. The SMILES string of the molecule is CSCc1cc(C)ccc1NC(C)=O. The van der Waals surface area contributed by atoms with E-state index in [0.29, 0.717) is 0 Å². The molecule has 1 aromatic carbocycles. The Balaban J connectivity index is 2.95. The predicted octanol–water partition coefficient (Wildman–Crippen LogP) is 2.82. The molecule has 76 valence electrons. The van der Waals surface area contributed by atoms with E-state index >= 15 is 0 Å². The van der Waals surface area contributed by atoms with E-state index in [2.05, 4.69) is 24.6 Å². The van der Waals surface area contributed by atoms with Gasteiger partial charge in [0.05, 0.1) is 0 Å². The summed E-state index contributed by atoms with van der Waals surface area (Å²) in [5.74, 6) is 0.910. The molecule has 1 rings (SSSR count). The first-order valence-corrected chi connectivity index (χ1v) is 5.89. The van der Waals surface area contributed by atoms with Crippen LogP contribution in [0.3, 0.4) is 0 Å². The molecule has 0 aliphatic rings. The summed E-state index contributed by atoms with van der Waals surface area (Å²) in [5.41, 5.74) is 3.34. The summed E-state index contributed by atoms with van der Waals surface area (Å²) in [5, 5.41) is 2.83. The largest absolute Gasteiger partial charge is 0.326 e. The standard InChI is InChI=1S/C11H15NOS/c1-8-4-5-11(12-9(2)13)10(6-8)7-14-3/h4-6H,7H2,1-3H3,(H,12,13). The van der Waals surface area contributed by atoms with Crippen molar-refractivity contribution < 1.29 is 4.79 Å². The molecule has 0 aliphatic carbocycles. The van der Waals surface area contributed by atoms with Gasteiger partial charge in [0.15, 0.2) is 0 Å². The summed E-state index contributed by atoms with van der Waals surface area (Å²) in [4.78, 5) is 10.9. The van der Waals surface area contributed by atoms with Crippen LogP contribution in [0.1, 0.15) is 18.1 Å². The lowest BCUT2D eigenvalue weighted by Crippen LogP contribution is -2.07. The number of benzene rings is 1. The third-order valence-corrected chi connectivity index (χ3v) is 2.47. The number of amides is 1. The maximum absolute atomic E-state index is 10.9. The second-order valence-corrected chi connectivity index (χ2v) is 4.14. The third-order valence-electron chi connectivity index (χ3n) is 1.87. The molecule has 0 unspecified atom stereocenters. The Hall–Kier alpha value is -0.960. The normalized spacial score (nSPS) is 9.93. The minimum atomic E-state index is -0.0174. The zero-order chi connectivity index (χ0) is 10.6. The molecule has 0 saturated carbocycles. The van der Waals surface area contributed by atoms with Gasteiger partial charge in [0, 0.05) is 18.4 Å². The van der Waals surface area contributed by atoms with Gasteiger partial charge >= 0.3 is 0 Å². The van der Waals surface area contributed by atoms with Crippen LogP contribution in [0.2, 0.25) is 0 Å². The molecule has 0 spiro atoms. The second kappa shape index (κ2) is 5.05. The molecule has 0 radical (unpaired) electrons. The first-order valence-electron chi connectivity index (χ1n) is 4.49. The Bertz CT molecular complexity index is 336. The summed E-state index contributed by atoms with van der Waals surface area (Å²) in [6, 6.07) is 6.08. The second-order valence-electron chi connectivity index (χ2n) is 3.27. The first kappa shape index (κ1) is 11.1. The first-order chi connectivity index (χ1) is 6.63. The van der Waals surface area contributed by atoms with Crippen LogP contribution in [0.25, 0.3) is 0 Å². The van der Waals surface area contributed by atoms with E-state index in [1.807, 2.05) is 12.1 Å². The number of rotatable bonds is 3. The highest BCUT2D eigenvalue weighted by atomic mass is 32.2. The fourth-order valence-corrected chi connectivity index (χ4v) is 1.86. The molecule has 0 heterocycles. The van der Waals surface area contributed by atoms with E-state index in [-0.39, 0.29) is 5.91 Å². The minimum Gasteiger partial charge on any atom is -0.326 e. The van der Waals surface area contributed by atoms with Crippen LogP contribution >= 0.6 is 11.8 Å². The maximum atomic E-state index is 10.9. The highest BCUT2D eigenvalue weighted by Crippen LogP contribution is 2.21. The molecule has 2 nitrogen and oxygen atoms in total. The minimum absolute atomic E-state index is 0.0174. The summed E-state index contributed by atoms with van der Waals surface area (Å²) >= 11 is 1.75. The van der Waals surface area contributed by atoms with Gasteiger partial charge < -0.3 is 5.32 Å². The van der Waals surface area contributed by atoms with E-state index < -0.39 is 0 Å². The van der Waals surface area contributed by atoms with Gasteiger partial charge in [-0.25, -0.2) is 0 Å². The van der Waals surface area contributed by atoms with Gasteiger partial charge in [-0.15, -0.1) is 0 Å². The Labute approximate surface area is 89.1 Å². The van der Waals surface area contributed by atoms with Gasteiger partial charge in [-0.1, -0.05) is 17.7 Å². The number of thioether (sulfide) groups is 1. The van der Waals surface area contributed by atoms with Crippen molar-refractivity contribution in [3.63, 3.8) is 0 Å². The lowest BCUT2D eigenvalue weighted by molar-refractivity contribution is -0.114. The van der Waals surface area contributed by atoms with Crippen molar-refractivity contribution >= 4 is 23.4 Å². The van der Waals surface area contributed by atoms with E-state index in [1.165, 1.54) is 18.1 Å². The Morgan fingerprint density at radius 3 is 2.79 bits per heavy atom. The number of nitrogens with one attached hydrogen (secondary N) is 1. The average Bonchev–Trinajstić information content (AvgIpc) is 2.09. The fourth-order valence-electron chi connectivity index (χ4n) is 1.31. The highest BCUT2D eigenvalue weighted by Gasteiger charge is 2.03. The number of anilines is 1. The zero-order valence-electron chi connectivity index (χ0n) is 8.76. The number of carbonyl (C=O) groups is 1. The molecule has 0 saturated heterocycles. The summed E-state index contributed by atoms with van der Waals surface area (Å²) < 4.78 is 0. The molecule has 3 heteroatoms. The van der Waals surface area contributed by atoms with E-state index in [0.717, 1.165) is 11.4 Å². The molecule has 0 bridgehead atoms. The highest BCUT2D eigenvalue weighted by molar-refractivity contribution is 7.97. The number of hydrogen-bond acceptors (Lipinski definition) is 2.